The molecule has 0 bridgehead atoms. The zero-order chi connectivity index (χ0) is 29.5. The SMILES string of the molecule is COCc1cc(C)c(-n2cnc(N(Cc3ccc(OC)cc3)Cc3ccc(OC)cc3)c(C(=O)OC)c2=O)c(C)c1. The van der Waals surface area contributed by atoms with Crippen molar-refractivity contribution < 1.29 is 23.7 Å². The highest BCUT2D eigenvalue weighted by Gasteiger charge is 2.26. The number of hydrogen-bond donors (Lipinski definition) is 0. The Bertz CT molecular complexity index is 1490. The molecule has 1 aromatic heterocycles. The van der Waals surface area contributed by atoms with Gasteiger partial charge in [-0.15, -0.1) is 0 Å². The van der Waals surface area contributed by atoms with Crippen molar-refractivity contribution in [2.75, 3.05) is 33.3 Å². The number of carbonyl (C=O) groups excluding carboxylic acids is 1. The van der Waals surface area contributed by atoms with Crippen molar-refractivity contribution in [2.45, 2.75) is 33.5 Å². The van der Waals surface area contributed by atoms with Crippen LogP contribution in [0.5, 0.6) is 11.5 Å². The fourth-order valence-electron chi connectivity index (χ4n) is 4.91. The lowest BCUT2D eigenvalue weighted by Gasteiger charge is -2.26. The lowest BCUT2D eigenvalue weighted by molar-refractivity contribution is 0.0598. The fourth-order valence-corrected chi connectivity index (χ4v) is 4.91. The summed E-state index contributed by atoms with van der Waals surface area (Å²) in [7, 11) is 6.12. The molecular formula is C32H35N3O6. The van der Waals surface area contributed by atoms with Crippen LogP contribution in [-0.4, -0.2) is 44.0 Å². The maximum absolute atomic E-state index is 14.0. The Hall–Kier alpha value is -4.63. The lowest BCUT2D eigenvalue weighted by Crippen LogP contribution is -2.33. The van der Waals surface area contributed by atoms with Crippen molar-refractivity contribution in [1.82, 2.24) is 9.55 Å². The number of aryl methyl sites for hydroxylation is 2. The molecule has 0 saturated carbocycles. The summed E-state index contributed by atoms with van der Waals surface area (Å²) in [5.74, 6) is 0.936. The molecule has 0 atom stereocenters. The summed E-state index contributed by atoms with van der Waals surface area (Å²) < 4.78 is 22.4. The minimum absolute atomic E-state index is 0.142. The van der Waals surface area contributed by atoms with Crippen molar-refractivity contribution >= 4 is 11.8 Å². The molecule has 0 unspecified atom stereocenters. The number of methoxy groups -OCH3 is 4. The number of esters is 1. The van der Waals surface area contributed by atoms with E-state index in [1.54, 1.807) is 21.3 Å². The van der Waals surface area contributed by atoms with E-state index < -0.39 is 11.5 Å². The molecule has 0 amide bonds. The van der Waals surface area contributed by atoms with Crippen LogP contribution in [0, 0.1) is 13.8 Å². The Kier molecular flexibility index (Phi) is 9.41. The fraction of sp³-hybridized carbons (Fsp3) is 0.281. The van der Waals surface area contributed by atoms with Crippen LogP contribution in [0.1, 0.15) is 38.2 Å². The minimum atomic E-state index is -0.757. The molecule has 214 valence electrons. The topological polar surface area (TPSA) is 92.1 Å². The number of rotatable bonds is 11. The van der Waals surface area contributed by atoms with Crippen molar-refractivity contribution in [3.05, 3.63) is 111 Å². The van der Waals surface area contributed by atoms with Crippen molar-refractivity contribution in [1.29, 1.82) is 0 Å². The van der Waals surface area contributed by atoms with E-state index in [0.717, 1.165) is 39.3 Å². The van der Waals surface area contributed by atoms with E-state index in [1.807, 2.05) is 79.4 Å². The molecular weight excluding hydrogens is 522 g/mol. The van der Waals surface area contributed by atoms with Crippen LogP contribution in [0.15, 0.2) is 71.8 Å². The van der Waals surface area contributed by atoms with E-state index >= 15 is 0 Å². The van der Waals surface area contributed by atoms with Crippen molar-refractivity contribution in [2.24, 2.45) is 0 Å². The van der Waals surface area contributed by atoms with Gasteiger partial charge in [-0.25, -0.2) is 9.78 Å². The maximum atomic E-state index is 14.0. The molecule has 0 aliphatic heterocycles. The molecule has 0 saturated heterocycles. The van der Waals surface area contributed by atoms with Gasteiger partial charge in [-0.05, 0) is 65.9 Å². The predicted molar refractivity (Wildman–Crippen MR) is 157 cm³/mol. The van der Waals surface area contributed by atoms with Gasteiger partial charge in [-0.1, -0.05) is 36.4 Å². The van der Waals surface area contributed by atoms with Gasteiger partial charge in [0.15, 0.2) is 11.4 Å². The predicted octanol–water partition coefficient (Wildman–Crippen LogP) is 5.01. The second kappa shape index (κ2) is 13.1. The van der Waals surface area contributed by atoms with Crippen LogP contribution in [-0.2, 0) is 29.2 Å². The minimum Gasteiger partial charge on any atom is -0.497 e. The van der Waals surface area contributed by atoms with Crippen LogP contribution in [0.25, 0.3) is 5.69 Å². The van der Waals surface area contributed by atoms with Crippen LogP contribution in [0.2, 0.25) is 0 Å². The first-order chi connectivity index (χ1) is 19.8. The van der Waals surface area contributed by atoms with Gasteiger partial charge in [0, 0.05) is 20.2 Å². The Morgan fingerprint density at radius 1 is 0.805 bits per heavy atom. The van der Waals surface area contributed by atoms with E-state index in [4.69, 9.17) is 23.9 Å². The number of aromatic nitrogens is 2. The zero-order valence-electron chi connectivity index (χ0n) is 24.3. The van der Waals surface area contributed by atoms with Gasteiger partial charge in [0.1, 0.15) is 17.8 Å². The van der Waals surface area contributed by atoms with E-state index in [2.05, 4.69) is 0 Å². The maximum Gasteiger partial charge on any atom is 0.347 e. The summed E-state index contributed by atoms with van der Waals surface area (Å²) in [4.78, 5) is 33.8. The number of anilines is 1. The smallest absolute Gasteiger partial charge is 0.347 e. The Morgan fingerprint density at radius 3 is 1.76 bits per heavy atom. The number of carbonyl (C=O) groups is 1. The van der Waals surface area contributed by atoms with Crippen LogP contribution >= 0.6 is 0 Å². The zero-order valence-corrected chi connectivity index (χ0v) is 24.3. The van der Waals surface area contributed by atoms with Crippen LogP contribution in [0.3, 0.4) is 0 Å². The summed E-state index contributed by atoms with van der Waals surface area (Å²) in [5, 5.41) is 0. The van der Waals surface area contributed by atoms with Crippen LogP contribution < -0.4 is 19.9 Å². The monoisotopic (exact) mass is 557 g/mol. The molecule has 0 aliphatic rings. The van der Waals surface area contributed by atoms with Gasteiger partial charge in [0.25, 0.3) is 5.56 Å². The van der Waals surface area contributed by atoms with Gasteiger partial charge < -0.3 is 23.8 Å². The Balaban J connectivity index is 1.85. The van der Waals surface area contributed by atoms with Gasteiger partial charge in [0.2, 0.25) is 0 Å². The standard InChI is InChI=1S/C32H35N3O6/c1-21-15-25(19-38-3)16-22(2)29(21)35-20-33-30(28(31(35)36)32(37)41-6)34(17-23-7-11-26(39-4)12-8-23)18-24-9-13-27(40-5)14-10-24/h7-16,20H,17-19H2,1-6H3. The molecule has 0 N–H and O–H groups in total. The first kappa shape index (κ1) is 29.4. The summed E-state index contributed by atoms with van der Waals surface area (Å²) in [6.45, 7) is 5.03. The van der Waals surface area contributed by atoms with Gasteiger partial charge in [-0.2, -0.15) is 0 Å². The molecule has 1 heterocycles. The lowest BCUT2D eigenvalue weighted by atomic mass is 10.0. The number of nitrogens with zero attached hydrogens (tertiary/aromatic N) is 3. The molecule has 0 fully saturated rings. The molecule has 9 nitrogen and oxygen atoms in total. The second-order valence-electron chi connectivity index (χ2n) is 9.67. The Morgan fingerprint density at radius 2 is 1.32 bits per heavy atom. The van der Waals surface area contributed by atoms with E-state index in [0.29, 0.717) is 25.4 Å². The summed E-state index contributed by atoms with van der Waals surface area (Å²) >= 11 is 0. The van der Waals surface area contributed by atoms with E-state index in [-0.39, 0.29) is 11.4 Å². The molecule has 0 aliphatic carbocycles. The summed E-state index contributed by atoms with van der Waals surface area (Å²) in [6, 6.07) is 19.1. The van der Waals surface area contributed by atoms with E-state index in [9.17, 15) is 9.59 Å². The molecule has 4 aromatic rings. The second-order valence-corrected chi connectivity index (χ2v) is 9.67. The summed E-state index contributed by atoms with van der Waals surface area (Å²) in [6.07, 6.45) is 1.48. The third-order valence-corrected chi connectivity index (χ3v) is 6.81. The largest absolute Gasteiger partial charge is 0.497 e. The average molecular weight is 558 g/mol. The molecule has 0 radical (unpaired) electrons. The Labute approximate surface area is 239 Å². The average Bonchev–Trinajstić information content (AvgIpc) is 2.97. The summed E-state index contributed by atoms with van der Waals surface area (Å²) in [5.41, 5.74) is 4.61. The normalized spacial score (nSPS) is 10.8. The van der Waals surface area contributed by atoms with Crippen molar-refractivity contribution in [3.8, 4) is 17.2 Å². The van der Waals surface area contributed by atoms with Crippen LogP contribution in [0.4, 0.5) is 5.82 Å². The highest BCUT2D eigenvalue weighted by atomic mass is 16.5. The number of ether oxygens (including phenoxy) is 4. The molecule has 3 aromatic carbocycles. The van der Waals surface area contributed by atoms with Gasteiger partial charge in [-0.3, -0.25) is 9.36 Å². The van der Waals surface area contributed by atoms with Crippen molar-refractivity contribution in [3.63, 3.8) is 0 Å². The third kappa shape index (κ3) is 6.58. The molecule has 9 heteroatoms. The third-order valence-electron chi connectivity index (χ3n) is 6.81. The number of hydrogen-bond acceptors (Lipinski definition) is 8. The quantitative estimate of drug-likeness (QED) is 0.238. The molecule has 41 heavy (non-hydrogen) atoms. The highest BCUT2D eigenvalue weighted by Crippen LogP contribution is 2.26. The van der Waals surface area contributed by atoms with E-state index in [1.165, 1.54) is 18.0 Å². The molecule has 4 rings (SSSR count). The van der Waals surface area contributed by atoms with Gasteiger partial charge in [0.05, 0.1) is 33.6 Å². The first-order valence-corrected chi connectivity index (χ1v) is 13.1. The van der Waals surface area contributed by atoms with Gasteiger partial charge >= 0.3 is 5.97 Å². The highest BCUT2D eigenvalue weighted by molar-refractivity contribution is 5.94. The number of benzene rings is 3. The first-order valence-electron chi connectivity index (χ1n) is 13.1. The molecule has 0 spiro atoms.